The SMILES string of the molecule is NSc1cc(-c2ccc3nccc(N4CCN(Cc5ccccc5)CC4)c3n2)ccc1F. The van der Waals surface area contributed by atoms with Crippen LogP contribution in [-0.2, 0) is 6.54 Å². The topological polar surface area (TPSA) is 58.3 Å². The second-order valence-corrected chi connectivity index (χ2v) is 8.58. The van der Waals surface area contributed by atoms with Gasteiger partial charge in [-0.3, -0.25) is 15.0 Å². The summed E-state index contributed by atoms with van der Waals surface area (Å²) in [7, 11) is 0. The van der Waals surface area contributed by atoms with Gasteiger partial charge in [-0.25, -0.2) is 9.37 Å². The van der Waals surface area contributed by atoms with E-state index in [9.17, 15) is 4.39 Å². The molecule has 7 heteroatoms. The van der Waals surface area contributed by atoms with Crippen molar-refractivity contribution in [2.24, 2.45) is 5.14 Å². The molecule has 0 saturated carbocycles. The fourth-order valence-electron chi connectivity index (χ4n) is 4.17. The smallest absolute Gasteiger partial charge is 0.138 e. The fourth-order valence-corrected chi connectivity index (χ4v) is 4.54. The third kappa shape index (κ3) is 4.32. The van der Waals surface area contributed by atoms with Crippen molar-refractivity contribution in [1.82, 2.24) is 14.9 Å². The van der Waals surface area contributed by atoms with Crippen LogP contribution in [0.25, 0.3) is 22.3 Å². The van der Waals surface area contributed by atoms with Gasteiger partial charge in [-0.15, -0.1) is 0 Å². The highest BCUT2D eigenvalue weighted by molar-refractivity contribution is 7.97. The third-order valence-electron chi connectivity index (χ3n) is 5.88. The predicted octanol–water partition coefficient (Wildman–Crippen LogP) is 4.72. The Bertz CT molecular complexity index is 1230. The van der Waals surface area contributed by atoms with Crippen molar-refractivity contribution < 1.29 is 4.39 Å². The van der Waals surface area contributed by atoms with Gasteiger partial charge in [0.1, 0.15) is 11.3 Å². The molecule has 5 nitrogen and oxygen atoms in total. The van der Waals surface area contributed by atoms with E-state index >= 15 is 0 Å². The van der Waals surface area contributed by atoms with Gasteiger partial charge in [0.15, 0.2) is 0 Å². The number of halogens is 1. The molecule has 0 atom stereocenters. The van der Waals surface area contributed by atoms with Crippen LogP contribution in [0.15, 0.2) is 77.8 Å². The molecule has 0 radical (unpaired) electrons. The molecule has 0 bridgehead atoms. The minimum atomic E-state index is -0.322. The van der Waals surface area contributed by atoms with Crippen LogP contribution in [0.2, 0.25) is 0 Å². The van der Waals surface area contributed by atoms with Crippen LogP contribution in [0.3, 0.4) is 0 Å². The van der Waals surface area contributed by atoms with E-state index in [0.29, 0.717) is 4.90 Å². The van der Waals surface area contributed by atoms with E-state index in [1.807, 2.05) is 24.4 Å². The van der Waals surface area contributed by atoms with Crippen LogP contribution in [0.4, 0.5) is 10.1 Å². The molecule has 4 aromatic rings. The van der Waals surface area contributed by atoms with Gasteiger partial charge in [0.25, 0.3) is 0 Å². The number of hydrogen-bond donors (Lipinski definition) is 1. The summed E-state index contributed by atoms with van der Waals surface area (Å²) in [6, 6.07) is 21.5. The molecule has 0 amide bonds. The zero-order valence-corrected chi connectivity index (χ0v) is 18.4. The van der Waals surface area contributed by atoms with Crippen LogP contribution in [0, 0.1) is 5.82 Å². The Morgan fingerprint density at radius 2 is 1.75 bits per heavy atom. The standard InChI is InChI=1S/C25H24FN5S/c26-20-7-6-19(16-24(20)32-27)21-8-9-22-25(29-21)23(10-11-28-22)31-14-12-30(13-15-31)17-18-4-2-1-3-5-18/h1-11,16H,12-15,17,27H2. The maximum Gasteiger partial charge on any atom is 0.138 e. The number of fused-ring (bicyclic) bond motifs is 1. The first-order valence-electron chi connectivity index (χ1n) is 10.6. The lowest BCUT2D eigenvalue weighted by molar-refractivity contribution is 0.250. The number of aromatic nitrogens is 2. The molecule has 1 aliphatic heterocycles. The Labute approximate surface area is 191 Å². The number of nitrogens with two attached hydrogens (primary N) is 1. The van der Waals surface area contributed by atoms with E-state index < -0.39 is 0 Å². The maximum atomic E-state index is 13.9. The zero-order chi connectivity index (χ0) is 21.9. The lowest BCUT2D eigenvalue weighted by Gasteiger charge is -2.36. The van der Waals surface area contributed by atoms with Gasteiger partial charge in [0, 0.05) is 44.5 Å². The number of benzene rings is 2. The fraction of sp³-hybridized carbons (Fsp3) is 0.200. The van der Waals surface area contributed by atoms with Gasteiger partial charge in [-0.2, -0.15) is 0 Å². The maximum absolute atomic E-state index is 13.9. The largest absolute Gasteiger partial charge is 0.367 e. The molecule has 162 valence electrons. The Balaban J connectivity index is 1.39. The van der Waals surface area contributed by atoms with Crippen molar-refractivity contribution in [3.8, 4) is 11.3 Å². The molecule has 0 aliphatic carbocycles. The Morgan fingerprint density at radius 1 is 0.938 bits per heavy atom. The van der Waals surface area contributed by atoms with E-state index in [0.717, 1.165) is 72.6 Å². The van der Waals surface area contributed by atoms with E-state index in [4.69, 9.17) is 10.1 Å². The Kier molecular flexibility index (Phi) is 6.03. The number of anilines is 1. The summed E-state index contributed by atoms with van der Waals surface area (Å²) >= 11 is 0.906. The summed E-state index contributed by atoms with van der Waals surface area (Å²) in [4.78, 5) is 14.7. The monoisotopic (exact) mass is 445 g/mol. The number of pyridine rings is 2. The Morgan fingerprint density at radius 3 is 2.53 bits per heavy atom. The molecule has 0 spiro atoms. The molecule has 0 unspecified atom stereocenters. The van der Waals surface area contributed by atoms with Crippen LogP contribution in [0.5, 0.6) is 0 Å². The second-order valence-electron chi connectivity index (χ2n) is 7.91. The highest BCUT2D eigenvalue weighted by Crippen LogP contribution is 2.30. The van der Waals surface area contributed by atoms with Crippen molar-refractivity contribution in [3.63, 3.8) is 0 Å². The lowest BCUT2D eigenvalue weighted by atomic mass is 10.1. The van der Waals surface area contributed by atoms with Crippen molar-refractivity contribution in [1.29, 1.82) is 0 Å². The molecule has 32 heavy (non-hydrogen) atoms. The quantitative estimate of drug-likeness (QED) is 0.449. The molecule has 5 rings (SSSR count). The molecule has 3 heterocycles. The van der Waals surface area contributed by atoms with Crippen LogP contribution >= 0.6 is 11.9 Å². The molecule has 1 saturated heterocycles. The molecule has 1 aliphatic rings. The lowest BCUT2D eigenvalue weighted by Crippen LogP contribution is -2.46. The second kappa shape index (κ2) is 9.24. The van der Waals surface area contributed by atoms with E-state index in [-0.39, 0.29) is 5.82 Å². The number of hydrogen-bond acceptors (Lipinski definition) is 6. The van der Waals surface area contributed by atoms with Crippen molar-refractivity contribution >= 4 is 28.7 Å². The van der Waals surface area contributed by atoms with Crippen molar-refractivity contribution in [2.45, 2.75) is 11.4 Å². The average Bonchev–Trinajstić information content (AvgIpc) is 2.85. The number of nitrogens with zero attached hydrogens (tertiary/aromatic N) is 4. The Hall–Kier alpha value is -3.00. The van der Waals surface area contributed by atoms with Gasteiger partial charge in [0.05, 0.1) is 21.8 Å². The highest BCUT2D eigenvalue weighted by atomic mass is 32.2. The van der Waals surface area contributed by atoms with Crippen LogP contribution < -0.4 is 10.0 Å². The first-order valence-corrected chi connectivity index (χ1v) is 11.5. The average molecular weight is 446 g/mol. The minimum Gasteiger partial charge on any atom is -0.367 e. The van der Waals surface area contributed by atoms with E-state index in [1.54, 1.807) is 12.1 Å². The van der Waals surface area contributed by atoms with Gasteiger partial charge in [-0.1, -0.05) is 30.3 Å². The van der Waals surface area contributed by atoms with Gasteiger partial charge >= 0.3 is 0 Å². The van der Waals surface area contributed by atoms with E-state index in [2.05, 4.69) is 45.1 Å². The van der Waals surface area contributed by atoms with Gasteiger partial charge in [0.2, 0.25) is 0 Å². The van der Waals surface area contributed by atoms with Gasteiger partial charge < -0.3 is 4.90 Å². The minimum absolute atomic E-state index is 0.322. The summed E-state index contributed by atoms with van der Waals surface area (Å²) < 4.78 is 13.9. The predicted molar refractivity (Wildman–Crippen MR) is 129 cm³/mol. The summed E-state index contributed by atoms with van der Waals surface area (Å²) in [5.74, 6) is -0.322. The first-order chi connectivity index (χ1) is 15.7. The number of rotatable bonds is 5. The summed E-state index contributed by atoms with van der Waals surface area (Å²) in [6.45, 7) is 4.83. The molecule has 1 fully saturated rings. The normalized spacial score (nSPS) is 14.8. The van der Waals surface area contributed by atoms with Gasteiger partial charge in [-0.05, 0) is 53.9 Å². The first kappa shape index (κ1) is 20.9. The number of piperazine rings is 1. The molecule has 2 N–H and O–H groups in total. The highest BCUT2D eigenvalue weighted by Gasteiger charge is 2.20. The molecular weight excluding hydrogens is 421 g/mol. The van der Waals surface area contributed by atoms with Crippen molar-refractivity contribution in [3.05, 3.63) is 84.3 Å². The summed E-state index contributed by atoms with van der Waals surface area (Å²) in [5.41, 5.74) is 5.78. The zero-order valence-electron chi connectivity index (χ0n) is 17.6. The molecular formula is C25H24FN5S. The van der Waals surface area contributed by atoms with Crippen LogP contribution in [-0.4, -0.2) is 41.0 Å². The van der Waals surface area contributed by atoms with Crippen molar-refractivity contribution in [2.75, 3.05) is 31.1 Å². The third-order valence-corrected chi connectivity index (χ3v) is 6.45. The summed E-state index contributed by atoms with van der Waals surface area (Å²) in [6.07, 6.45) is 1.84. The van der Waals surface area contributed by atoms with Crippen LogP contribution in [0.1, 0.15) is 5.56 Å². The molecule has 2 aromatic carbocycles. The molecule has 2 aromatic heterocycles. The van der Waals surface area contributed by atoms with E-state index in [1.165, 1.54) is 11.6 Å². The summed E-state index contributed by atoms with van der Waals surface area (Å²) in [5, 5.41) is 5.61.